The Kier molecular flexibility index (Phi) is 6.21. The molecule has 5 nitrogen and oxygen atoms in total. The molecule has 1 amide bonds. The van der Waals surface area contributed by atoms with E-state index in [1.165, 1.54) is 4.88 Å². The molecule has 2 atom stereocenters. The molecule has 23 heavy (non-hydrogen) atoms. The van der Waals surface area contributed by atoms with Gasteiger partial charge in [0.2, 0.25) is 0 Å². The number of rotatable bonds is 4. The van der Waals surface area contributed by atoms with E-state index in [9.17, 15) is 4.79 Å². The molecule has 3 heterocycles. The topological polar surface area (TPSA) is 50.2 Å². The van der Waals surface area contributed by atoms with E-state index >= 15 is 0 Å². The minimum Gasteiger partial charge on any atom is -0.333 e. The summed E-state index contributed by atoms with van der Waals surface area (Å²) in [5.74, 6) is -0.0246. The first-order valence-electron chi connectivity index (χ1n) is 7.73. The molecule has 1 fully saturated rings. The van der Waals surface area contributed by atoms with Crippen molar-refractivity contribution >= 4 is 29.7 Å². The van der Waals surface area contributed by atoms with Crippen LogP contribution >= 0.6 is 23.7 Å². The van der Waals surface area contributed by atoms with Gasteiger partial charge in [0.15, 0.2) is 0 Å². The van der Waals surface area contributed by atoms with E-state index in [2.05, 4.69) is 16.5 Å². The highest BCUT2D eigenvalue weighted by Gasteiger charge is 2.23. The molecular weight excluding hydrogens is 332 g/mol. The van der Waals surface area contributed by atoms with Crippen molar-refractivity contribution in [1.82, 2.24) is 20.0 Å². The zero-order valence-corrected chi connectivity index (χ0v) is 15.1. The third-order valence-corrected chi connectivity index (χ3v) is 5.37. The molecule has 1 N–H and O–H groups in total. The van der Waals surface area contributed by atoms with Crippen molar-refractivity contribution in [2.75, 3.05) is 20.1 Å². The Bertz CT molecular complexity index is 622. The molecule has 7 heteroatoms. The molecule has 0 radical (unpaired) electrons. The number of thiophene rings is 1. The number of aromatic nitrogens is 2. The van der Waals surface area contributed by atoms with Gasteiger partial charge in [-0.05, 0) is 43.8 Å². The highest BCUT2D eigenvalue weighted by molar-refractivity contribution is 7.10. The molecular formula is C16H23ClN4OS. The van der Waals surface area contributed by atoms with Crippen LogP contribution in [-0.2, 0) is 0 Å². The predicted molar refractivity (Wildman–Crippen MR) is 95.4 cm³/mol. The fraction of sp³-hybridized carbons (Fsp3) is 0.500. The quantitative estimate of drug-likeness (QED) is 0.917. The van der Waals surface area contributed by atoms with Gasteiger partial charge in [0.05, 0.1) is 12.1 Å². The summed E-state index contributed by atoms with van der Waals surface area (Å²) in [4.78, 5) is 15.6. The van der Waals surface area contributed by atoms with E-state index in [1.807, 2.05) is 42.4 Å². The second kappa shape index (κ2) is 7.95. The lowest BCUT2D eigenvalue weighted by Gasteiger charge is -2.24. The summed E-state index contributed by atoms with van der Waals surface area (Å²) in [5, 5.41) is 9.92. The minimum absolute atomic E-state index is 0. The van der Waals surface area contributed by atoms with Gasteiger partial charge in [-0.3, -0.25) is 9.48 Å². The van der Waals surface area contributed by atoms with Crippen molar-refractivity contribution in [2.45, 2.75) is 31.8 Å². The first kappa shape index (κ1) is 18.0. The van der Waals surface area contributed by atoms with E-state index in [0.717, 1.165) is 25.9 Å². The summed E-state index contributed by atoms with van der Waals surface area (Å²) < 4.78 is 1.93. The van der Waals surface area contributed by atoms with Gasteiger partial charge in [-0.15, -0.1) is 23.7 Å². The lowest BCUT2D eigenvalue weighted by Crippen LogP contribution is -2.32. The fourth-order valence-electron chi connectivity index (χ4n) is 2.79. The van der Waals surface area contributed by atoms with Gasteiger partial charge in [-0.1, -0.05) is 6.07 Å². The molecule has 0 saturated carbocycles. The average molecular weight is 355 g/mol. The number of hydrogen-bond donors (Lipinski definition) is 1. The fourth-order valence-corrected chi connectivity index (χ4v) is 3.62. The standard InChI is InChI=1S/C16H22N4OS.ClH/c1-12(15-6-4-10-22-15)19(2)16(21)14-7-9-20(18-14)13-5-3-8-17-11-13;/h4,6-7,9-10,12-13,17H,3,5,8,11H2,1-2H3;1H. The Morgan fingerprint density at radius 3 is 3.00 bits per heavy atom. The van der Waals surface area contributed by atoms with Crippen molar-refractivity contribution in [3.63, 3.8) is 0 Å². The highest BCUT2D eigenvalue weighted by Crippen LogP contribution is 2.24. The molecule has 3 rings (SSSR count). The lowest BCUT2D eigenvalue weighted by atomic mass is 10.1. The Morgan fingerprint density at radius 2 is 2.35 bits per heavy atom. The van der Waals surface area contributed by atoms with E-state index < -0.39 is 0 Å². The van der Waals surface area contributed by atoms with Crippen LogP contribution in [0.5, 0.6) is 0 Å². The maximum Gasteiger partial charge on any atom is 0.274 e. The lowest BCUT2D eigenvalue weighted by molar-refractivity contribution is 0.0737. The van der Waals surface area contributed by atoms with Crippen LogP contribution in [-0.4, -0.2) is 40.7 Å². The molecule has 1 aliphatic rings. The first-order valence-corrected chi connectivity index (χ1v) is 8.61. The van der Waals surface area contributed by atoms with Crippen LogP contribution < -0.4 is 5.32 Å². The van der Waals surface area contributed by atoms with Crippen molar-refractivity contribution in [2.24, 2.45) is 0 Å². The van der Waals surface area contributed by atoms with Crippen molar-refractivity contribution < 1.29 is 4.79 Å². The maximum atomic E-state index is 12.6. The Hall–Kier alpha value is -1.37. The number of hydrogen-bond acceptors (Lipinski definition) is 4. The van der Waals surface area contributed by atoms with E-state index in [-0.39, 0.29) is 24.4 Å². The third kappa shape index (κ3) is 3.94. The van der Waals surface area contributed by atoms with E-state index in [0.29, 0.717) is 11.7 Å². The minimum atomic E-state index is -0.0246. The van der Waals surface area contributed by atoms with Gasteiger partial charge >= 0.3 is 0 Å². The second-order valence-corrected chi connectivity index (χ2v) is 6.77. The summed E-state index contributed by atoms with van der Waals surface area (Å²) >= 11 is 1.67. The van der Waals surface area contributed by atoms with Gasteiger partial charge in [0, 0.05) is 24.7 Å². The van der Waals surface area contributed by atoms with Crippen LogP contribution in [0.1, 0.15) is 47.2 Å². The molecule has 2 aromatic rings. The molecule has 126 valence electrons. The van der Waals surface area contributed by atoms with Gasteiger partial charge in [-0.25, -0.2) is 0 Å². The number of carbonyl (C=O) groups is 1. The normalized spacial score (nSPS) is 19.0. The van der Waals surface area contributed by atoms with Crippen molar-refractivity contribution in [3.05, 3.63) is 40.3 Å². The van der Waals surface area contributed by atoms with E-state index in [4.69, 9.17) is 0 Å². The summed E-state index contributed by atoms with van der Waals surface area (Å²) in [5.41, 5.74) is 0.525. The van der Waals surface area contributed by atoms with Gasteiger partial charge in [0.25, 0.3) is 5.91 Å². The molecule has 2 unspecified atom stereocenters. The summed E-state index contributed by atoms with van der Waals surface area (Å²) in [6, 6.07) is 6.32. The third-order valence-electron chi connectivity index (χ3n) is 4.33. The Morgan fingerprint density at radius 1 is 1.52 bits per heavy atom. The average Bonchev–Trinajstić information content (AvgIpc) is 3.25. The first-order chi connectivity index (χ1) is 10.7. The number of nitrogens with one attached hydrogen (secondary N) is 1. The maximum absolute atomic E-state index is 12.6. The van der Waals surface area contributed by atoms with Gasteiger partial charge < -0.3 is 10.2 Å². The van der Waals surface area contributed by atoms with Crippen LogP contribution in [0.4, 0.5) is 0 Å². The Balaban J connectivity index is 0.00000192. The molecule has 2 aromatic heterocycles. The zero-order valence-electron chi connectivity index (χ0n) is 13.4. The van der Waals surface area contributed by atoms with Crippen LogP contribution in [0, 0.1) is 0 Å². The van der Waals surface area contributed by atoms with Crippen LogP contribution in [0.15, 0.2) is 29.8 Å². The Labute approximate surface area is 147 Å². The van der Waals surface area contributed by atoms with Crippen LogP contribution in [0.2, 0.25) is 0 Å². The highest BCUT2D eigenvalue weighted by atomic mass is 35.5. The summed E-state index contributed by atoms with van der Waals surface area (Å²) in [6.45, 7) is 4.05. The van der Waals surface area contributed by atoms with E-state index in [1.54, 1.807) is 16.2 Å². The zero-order chi connectivity index (χ0) is 15.5. The molecule has 1 saturated heterocycles. The number of halogens is 1. The summed E-state index contributed by atoms with van der Waals surface area (Å²) in [7, 11) is 1.84. The van der Waals surface area contributed by atoms with Crippen molar-refractivity contribution in [3.8, 4) is 0 Å². The monoisotopic (exact) mass is 354 g/mol. The molecule has 0 spiro atoms. The summed E-state index contributed by atoms with van der Waals surface area (Å²) in [6.07, 6.45) is 4.20. The largest absolute Gasteiger partial charge is 0.333 e. The number of amides is 1. The number of nitrogens with zero attached hydrogens (tertiary/aromatic N) is 3. The number of carbonyl (C=O) groups excluding carboxylic acids is 1. The SMILES string of the molecule is CC(c1cccs1)N(C)C(=O)c1ccn(C2CCCNC2)n1.Cl. The molecule has 0 aromatic carbocycles. The van der Waals surface area contributed by atoms with Gasteiger partial charge in [0.1, 0.15) is 5.69 Å². The second-order valence-electron chi connectivity index (χ2n) is 5.79. The molecule has 1 aliphatic heterocycles. The molecule has 0 aliphatic carbocycles. The van der Waals surface area contributed by atoms with Gasteiger partial charge in [-0.2, -0.15) is 5.10 Å². The molecule has 0 bridgehead atoms. The smallest absolute Gasteiger partial charge is 0.274 e. The number of piperidine rings is 1. The van der Waals surface area contributed by atoms with Crippen LogP contribution in [0.25, 0.3) is 0 Å². The predicted octanol–water partition coefficient (Wildman–Crippen LogP) is 3.12. The van der Waals surface area contributed by atoms with Crippen molar-refractivity contribution in [1.29, 1.82) is 0 Å². The van der Waals surface area contributed by atoms with Crippen LogP contribution in [0.3, 0.4) is 0 Å².